The Hall–Kier alpha value is -0.600. The molecule has 7 heteroatoms. The van der Waals surface area contributed by atoms with Crippen molar-refractivity contribution in [2.24, 2.45) is 0 Å². The number of anilines is 1. The molecule has 0 aliphatic carbocycles. The first-order valence-corrected chi connectivity index (χ1v) is 6.63. The molecule has 3 rings (SSSR count). The molecular weight excluding hydrogens is 354 g/mol. The predicted molar refractivity (Wildman–Crippen MR) is 75.0 cm³/mol. The summed E-state index contributed by atoms with van der Waals surface area (Å²) in [6, 6.07) is 1.83. The summed E-state index contributed by atoms with van der Waals surface area (Å²) in [6.07, 6.45) is 1.78. The van der Waals surface area contributed by atoms with Crippen molar-refractivity contribution in [1.29, 1.82) is 0 Å². The van der Waals surface area contributed by atoms with Gasteiger partial charge in [0.15, 0.2) is 5.82 Å². The van der Waals surface area contributed by atoms with E-state index in [1.54, 1.807) is 6.20 Å². The van der Waals surface area contributed by atoms with Gasteiger partial charge in [-0.3, -0.25) is 0 Å². The summed E-state index contributed by atoms with van der Waals surface area (Å²) in [5, 5.41) is 6.05. The lowest BCUT2D eigenvalue weighted by molar-refractivity contribution is 0.122. The fourth-order valence-corrected chi connectivity index (χ4v) is 2.70. The van der Waals surface area contributed by atoms with E-state index in [0.29, 0.717) is 5.15 Å². The van der Waals surface area contributed by atoms with E-state index in [1.807, 2.05) is 8.96 Å². The Morgan fingerprint density at radius 1 is 1.35 bits per heavy atom. The molecule has 2 aromatic rings. The van der Waals surface area contributed by atoms with Crippen LogP contribution in [-0.4, -0.2) is 39.3 Å². The van der Waals surface area contributed by atoms with Gasteiger partial charge in [-0.1, -0.05) is 11.6 Å². The van der Waals surface area contributed by atoms with Gasteiger partial charge >= 0.3 is 0 Å². The van der Waals surface area contributed by atoms with Crippen LogP contribution in [0.2, 0.25) is 5.15 Å². The highest BCUT2D eigenvalue weighted by atomic mass is 127. The van der Waals surface area contributed by atoms with Crippen LogP contribution in [0.25, 0.3) is 10.9 Å². The van der Waals surface area contributed by atoms with Crippen LogP contribution in [0.4, 0.5) is 5.82 Å². The highest BCUT2D eigenvalue weighted by molar-refractivity contribution is 14.1. The molecule has 1 aliphatic rings. The molecular formula is C10H10ClIN4O. The number of pyridine rings is 1. The van der Waals surface area contributed by atoms with E-state index >= 15 is 0 Å². The Bertz CT molecular complexity index is 552. The second kappa shape index (κ2) is 4.58. The maximum Gasteiger partial charge on any atom is 0.161 e. The third-order valence-corrected chi connectivity index (χ3v) is 3.72. The first kappa shape index (κ1) is 11.5. The Balaban J connectivity index is 2.10. The van der Waals surface area contributed by atoms with E-state index in [9.17, 15) is 0 Å². The van der Waals surface area contributed by atoms with E-state index in [2.05, 4.69) is 37.8 Å². The van der Waals surface area contributed by atoms with Crippen molar-refractivity contribution in [1.82, 2.24) is 13.0 Å². The average molecular weight is 365 g/mol. The minimum absolute atomic E-state index is 0.490. The maximum atomic E-state index is 5.90. The summed E-state index contributed by atoms with van der Waals surface area (Å²) in [5.74, 6) is 0.960. The van der Waals surface area contributed by atoms with E-state index in [-0.39, 0.29) is 0 Å². The number of rotatable bonds is 1. The highest BCUT2D eigenvalue weighted by Gasteiger charge is 2.18. The van der Waals surface area contributed by atoms with Crippen LogP contribution in [0.3, 0.4) is 0 Å². The minimum Gasteiger partial charge on any atom is -0.378 e. The number of fused-ring (bicyclic) bond motifs is 1. The molecule has 0 N–H and O–H groups in total. The van der Waals surface area contributed by atoms with Crippen LogP contribution < -0.4 is 4.90 Å². The van der Waals surface area contributed by atoms with Gasteiger partial charge in [-0.2, -0.15) is 0 Å². The molecule has 0 bridgehead atoms. The van der Waals surface area contributed by atoms with E-state index in [4.69, 9.17) is 16.3 Å². The molecule has 90 valence electrons. The van der Waals surface area contributed by atoms with Gasteiger partial charge in [0.2, 0.25) is 0 Å². The maximum absolute atomic E-state index is 5.90. The molecule has 3 heterocycles. The first-order chi connectivity index (χ1) is 8.25. The largest absolute Gasteiger partial charge is 0.378 e. The summed E-state index contributed by atoms with van der Waals surface area (Å²) in [7, 11) is 0. The van der Waals surface area contributed by atoms with Crippen molar-refractivity contribution in [2.75, 3.05) is 31.2 Å². The number of ether oxygens (including phenoxy) is 1. The molecule has 0 saturated carbocycles. The Kier molecular flexibility index (Phi) is 3.10. The van der Waals surface area contributed by atoms with Gasteiger partial charge in [-0.15, -0.1) is 5.10 Å². The Morgan fingerprint density at radius 2 is 2.12 bits per heavy atom. The van der Waals surface area contributed by atoms with Gasteiger partial charge in [0.25, 0.3) is 0 Å². The molecule has 17 heavy (non-hydrogen) atoms. The molecule has 1 fully saturated rings. The highest BCUT2D eigenvalue weighted by Crippen LogP contribution is 2.28. The second-order valence-corrected chi connectivity index (χ2v) is 5.11. The summed E-state index contributed by atoms with van der Waals surface area (Å²) in [6.45, 7) is 3.23. The lowest BCUT2D eigenvalue weighted by atomic mass is 10.3. The SMILES string of the molecule is Clc1cc2c(cn1)c(N1CCOCC1)nn2I. The Labute approximate surface area is 117 Å². The number of halogens is 2. The zero-order chi connectivity index (χ0) is 11.8. The summed E-state index contributed by atoms with van der Waals surface area (Å²) < 4.78 is 7.16. The van der Waals surface area contributed by atoms with Crippen molar-refractivity contribution in [2.45, 2.75) is 0 Å². The van der Waals surface area contributed by atoms with Gasteiger partial charge < -0.3 is 9.64 Å². The average Bonchev–Trinajstić information content (AvgIpc) is 2.68. The normalized spacial score (nSPS) is 16.7. The summed E-state index contributed by atoms with van der Waals surface area (Å²) >= 11 is 8.05. The fraction of sp³-hybridized carbons (Fsp3) is 0.400. The summed E-state index contributed by atoms with van der Waals surface area (Å²) in [4.78, 5) is 6.35. The molecule has 5 nitrogen and oxygen atoms in total. The molecule has 0 spiro atoms. The van der Waals surface area contributed by atoms with Crippen LogP contribution in [0.5, 0.6) is 0 Å². The topological polar surface area (TPSA) is 43.2 Å². The van der Waals surface area contributed by atoms with Gasteiger partial charge in [0.05, 0.1) is 47.0 Å². The first-order valence-electron chi connectivity index (χ1n) is 5.29. The molecule has 1 saturated heterocycles. The second-order valence-electron chi connectivity index (χ2n) is 3.81. The molecule has 0 atom stereocenters. The lowest BCUT2D eigenvalue weighted by Crippen LogP contribution is -2.36. The third kappa shape index (κ3) is 2.09. The molecule has 0 amide bonds. The number of hydrogen-bond donors (Lipinski definition) is 0. The van der Waals surface area contributed by atoms with Gasteiger partial charge in [0, 0.05) is 25.4 Å². The van der Waals surface area contributed by atoms with Crippen molar-refractivity contribution >= 4 is 51.2 Å². The monoisotopic (exact) mass is 364 g/mol. The van der Waals surface area contributed by atoms with Gasteiger partial charge in [-0.05, 0) is 0 Å². The molecule has 0 unspecified atom stereocenters. The predicted octanol–water partition coefficient (Wildman–Crippen LogP) is 2.12. The minimum atomic E-state index is 0.490. The van der Waals surface area contributed by atoms with Crippen LogP contribution in [0.1, 0.15) is 0 Å². The standard InChI is InChI=1S/C10H10ClIN4O/c11-9-5-8-7(6-13-9)10(14-16(8)12)15-1-3-17-4-2-15/h5-6H,1-4H2. The lowest BCUT2D eigenvalue weighted by Gasteiger charge is -2.26. The van der Waals surface area contributed by atoms with Gasteiger partial charge in [-0.25, -0.2) is 7.88 Å². The zero-order valence-corrected chi connectivity index (χ0v) is 11.8. The quantitative estimate of drug-likeness (QED) is 0.574. The number of aromatic nitrogens is 3. The van der Waals surface area contributed by atoms with Crippen LogP contribution in [-0.2, 0) is 4.74 Å². The van der Waals surface area contributed by atoms with Crippen molar-refractivity contribution < 1.29 is 4.74 Å². The van der Waals surface area contributed by atoms with E-state index < -0.39 is 0 Å². The fourth-order valence-electron chi connectivity index (χ4n) is 1.94. The van der Waals surface area contributed by atoms with Crippen molar-refractivity contribution in [3.63, 3.8) is 0 Å². The van der Waals surface area contributed by atoms with Crippen LogP contribution >= 0.6 is 34.5 Å². The molecule has 1 aliphatic heterocycles. The zero-order valence-electron chi connectivity index (χ0n) is 8.94. The third-order valence-electron chi connectivity index (χ3n) is 2.78. The van der Waals surface area contributed by atoms with Gasteiger partial charge in [0.1, 0.15) is 5.15 Å². The number of morpholine rings is 1. The van der Waals surface area contributed by atoms with E-state index in [0.717, 1.165) is 43.0 Å². The molecule has 0 radical (unpaired) electrons. The smallest absolute Gasteiger partial charge is 0.161 e. The molecule has 0 aromatic carbocycles. The number of nitrogens with zero attached hydrogens (tertiary/aromatic N) is 4. The van der Waals surface area contributed by atoms with Crippen LogP contribution in [0.15, 0.2) is 12.3 Å². The summed E-state index contributed by atoms with van der Waals surface area (Å²) in [5.41, 5.74) is 0.993. The van der Waals surface area contributed by atoms with Crippen molar-refractivity contribution in [3.05, 3.63) is 17.4 Å². The van der Waals surface area contributed by atoms with E-state index in [1.165, 1.54) is 0 Å². The van der Waals surface area contributed by atoms with Crippen molar-refractivity contribution in [3.8, 4) is 0 Å². The number of hydrogen-bond acceptors (Lipinski definition) is 4. The Morgan fingerprint density at radius 3 is 2.88 bits per heavy atom. The molecule has 2 aromatic heterocycles. The van der Waals surface area contributed by atoms with Crippen LogP contribution in [0, 0.1) is 0 Å².